The van der Waals surface area contributed by atoms with Gasteiger partial charge in [0.15, 0.2) is 11.6 Å². The molecule has 0 aliphatic carbocycles. The van der Waals surface area contributed by atoms with E-state index in [0.29, 0.717) is 30.0 Å². The van der Waals surface area contributed by atoms with Crippen molar-refractivity contribution in [3.63, 3.8) is 0 Å². The lowest BCUT2D eigenvalue weighted by atomic mass is 9.89. The molecule has 1 N–H and O–H groups in total. The van der Waals surface area contributed by atoms with E-state index in [2.05, 4.69) is 15.3 Å². The standard InChI is InChI=1S/C26H28F2N4O/c1-6-32-14-20-19(25(32)33)10-12-30-24(20)31-15(2)17-7-8-18(23(28)22(17)27)16-9-11-29-21(13-16)26(3,4)5/h7-13,15H,6,14H2,1-5H3,(H,30,31)/t15-/m0/s1. The highest BCUT2D eigenvalue weighted by Crippen LogP contribution is 2.33. The Hall–Kier alpha value is -3.35. The van der Waals surface area contributed by atoms with Crippen molar-refractivity contribution in [2.75, 3.05) is 11.9 Å². The average molecular weight is 451 g/mol. The Labute approximate surface area is 192 Å². The highest BCUT2D eigenvalue weighted by Gasteiger charge is 2.30. The van der Waals surface area contributed by atoms with Gasteiger partial charge < -0.3 is 10.2 Å². The molecule has 3 aromatic rings. The lowest BCUT2D eigenvalue weighted by Gasteiger charge is -2.20. The van der Waals surface area contributed by atoms with E-state index in [1.807, 2.05) is 27.7 Å². The van der Waals surface area contributed by atoms with Gasteiger partial charge in [-0.2, -0.15) is 0 Å². The normalized spacial score (nSPS) is 14.4. The fourth-order valence-corrected chi connectivity index (χ4v) is 4.08. The van der Waals surface area contributed by atoms with E-state index in [-0.39, 0.29) is 22.4 Å². The number of carbonyl (C=O) groups is 1. The molecule has 172 valence electrons. The van der Waals surface area contributed by atoms with Crippen LogP contribution in [-0.4, -0.2) is 27.3 Å². The summed E-state index contributed by atoms with van der Waals surface area (Å²) in [7, 11) is 0. The number of amides is 1. The molecule has 2 aromatic heterocycles. The molecule has 1 amide bonds. The van der Waals surface area contributed by atoms with E-state index in [0.717, 1.165) is 11.3 Å². The van der Waals surface area contributed by atoms with Crippen LogP contribution in [0, 0.1) is 11.6 Å². The number of benzene rings is 1. The summed E-state index contributed by atoms with van der Waals surface area (Å²) in [6, 6.07) is 7.81. The Morgan fingerprint density at radius 2 is 1.79 bits per heavy atom. The average Bonchev–Trinajstić information content (AvgIpc) is 3.12. The van der Waals surface area contributed by atoms with Crippen molar-refractivity contribution in [3.8, 4) is 11.1 Å². The van der Waals surface area contributed by atoms with Crippen LogP contribution in [0.2, 0.25) is 0 Å². The van der Waals surface area contributed by atoms with E-state index in [9.17, 15) is 4.79 Å². The fraction of sp³-hybridized carbons (Fsp3) is 0.346. The van der Waals surface area contributed by atoms with Crippen molar-refractivity contribution in [1.29, 1.82) is 0 Å². The Morgan fingerprint density at radius 3 is 2.48 bits per heavy atom. The van der Waals surface area contributed by atoms with E-state index in [1.54, 1.807) is 54.5 Å². The van der Waals surface area contributed by atoms with Gasteiger partial charge in [-0.3, -0.25) is 9.78 Å². The van der Waals surface area contributed by atoms with Gasteiger partial charge in [0.05, 0.1) is 12.6 Å². The second-order valence-electron chi connectivity index (χ2n) is 9.38. The molecule has 0 spiro atoms. The minimum atomic E-state index is -0.902. The number of nitrogens with one attached hydrogen (secondary N) is 1. The van der Waals surface area contributed by atoms with Crippen LogP contribution in [0.1, 0.15) is 67.8 Å². The summed E-state index contributed by atoms with van der Waals surface area (Å²) in [5, 5.41) is 3.17. The first kappa shape index (κ1) is 22.8. The molecular formula is C26H28F2N4O. The predicted molar refractivity (Wildman–Crippen MR) is 125 cm³/mol. The second-order valence-corrected chi connectivity index (χ2v) is 9.38. The van der Waals surface area contributed by atoms with Gasteiger partial charge in [-0.1, -0.05) is 32.9 Å². The first-order chi connectivity index (χ1) is 15.6. The number of anilines is 1. The molecule has 1 aliphatic heterocycles. The molecule has 0 radical (unpaired) electrons. The van der Waals surface area contributed by atoms with Crippen molar-refractivity contribution in [3.05, 3.63) is 76.7 Å². The number of hydrogen-bond acceptors (Lipinski definition) is 4. The summed E-state index contributed by atoms with van der Waals surface area (Å²) >= 11 is 0. The maximum atomic E-state index is 15.2. The Balaban J connectivity index is 1.64. The van der Waals surface area contributed by atoms with E-state index >= 15 is 8.78 Å². The van der Waals surface area contributed by atoms with Gasteiger partial charge in [-0.05, 0) is 37.6 Å². The third kappa shape index (κ3) is 4.19. The summed E-state index contributed by atoms with van der Waals surface area (Å²) in [5.41, 5.74) is 2.94. The van der Waals surface area contributed by atoms with Gasteiger partial charge in [0, 0.05) is 52.3 Å². The largest absolute Gasteiger partial charge is 0.363 e. The topological polar surface area (TPSA) is 58.1 Å². The highest BCUT2D eigenvalue weighted by atomic mass is 19.2. The molecule has 4 rings (SSSR count). The number of aromatic nitrogens is 2. The molecule has 1 atom stereocenters. The van der Waals surface area contributed by atoms with Gasteiger partial charge in [-0.25, -0.2) is 13.8 Å². The van der Waals surface area contributed by atoms with Crippen LogP contribution in [-0.2, 0) is 12.0 Å². The Kier molecular flexibility index (Phi) is 5.91. The lowest BCUT2D eigenvalue weighted by molar-refractivity contribution is 0.0787. The zero-order valence-corrected chi connectivity index (χ0v) is 19.5. The van der Waals surface area contributed by atoms with Crippen LogP contribution in [0.25, 0.3) is 11.1 Å². The maximum absolute atomic E-state index is 15.2. The van der Waals surface area contributed by atoms with Gasteiger partial charge in [0.2, 0.25) is 0 Å². The van der Waals surface area contributed by atoms with Crippen LogP contribution in [0.4, 0.5) is 14.6 Å². The van der Waals surface area contributed by atoms with Gasteiger partial charge >= 0.3 is 0 Å². The quantitative estimate of drug-likeness (QED) is 0.528. The SMILES string of the molecule is CCN1Cc2c(ccnc2N[C@@H](C)c2ccc(-c3ccnc(C(C)(C)C)c3)c(F)c2F)C1=O. The summed E-state index contributed by atoms with van der Waals surface area (Å²) in [5.74, 6) is -1.33. The zero-order chi connectivity index (χ0) is 23.9. The van der Waals surface area contributed by atoms with Crippen molar-refractivity contribution < 1.29 is 13.6 Å². The van der Waals surface area contributed by atoms with Crippen LogP contribution >= 0.6 is 0 Å². The molecule has 33 heavy (non-hydrogen) atoms. The third-order valence-electron chi connectivity index (χ3n) is 6.08. The van der Waals surface area contributed by atoms with E-state index < -0.39 is 17.7 Å². The number of pyridine rings is 2. The van der Waals surface area contributed by atoms with Crippen molar-refractivity contribution >= 4 is 11.7 Å². The summed E-state index contributed by atoms with van der Waals surface area (Å²) < 4.78 is 30.3. The van der Waals surface area contributed by atoms with Crippen molar-refractivity contribution in [1.82, 2.24) is 14.9 Å². The molecule has 0 fully saturated rings. The van der Waals surface area contributed by atoms with Crippen molar-refractivity contribution in [2.24, 2.45) is 0 Å². The monoisotopic (exact) mass is 450 g/mol. The zero-order valence-electron chi connectivity index (χ0n) is 19.5. The predicted octanol–water partition coefficient (Wildman–Crippen LogP) is 5.87. The number of rotatable bonds is 5. The molecule has 3 heterocycles. The molecule has 5 nitrogen and oxygen atoms in total. The first-order valence-electron chi connectivity index (χ1n) is 11.1. The summed E-state index contributed by atoms with van der Waals surface area (Å²) in [6.45, 7) is 10.8. The molecule has 1 aliphatic rings. The molecular weight excluding hydrogens is 422 g/mol. The molecule has 7 heteroatoms. The van der Waals surface area contributed by atoms with Crippen LogP contribution in [0.3, 0.4) is 0 Å². The Bertz CT molecular complexity index is 1220. The van der Waals surface area contributed by atoms with Gasteiger partial charge in [0.25, 0.3) is 5.91 Å². The van der Waals surface area contributed by atoms with Crippen molar-refractivity contribution in [2.45, 2.75) is 52.6 Å². The van der Waals surface area contributed by atoms with E-state index in [1.165, 1.54) is 0 Å². The lowest BCUT2D eigenvalue weighted by Crippen LogP contribution is -2.22. The molecule has 1 aromatic carbocycles. The highest BCUT2D eigenvalue weighted by molar-refractivity contribution is 5.99. The van der Waals surface area contributed by atoms with Crippen LogP contribution < -0.4 is 5.32 Å². The Morgan fingerprint density at radius 1 is 1.06 bits per heavy atom. The minimum Gasteiger partial charge on any atom is -0.363 e. The third-order valence-corrected chi connectivity index (χ3v) is 6.08. The van der Waals surface area contributed by atoms with Gasteiger partial charge in [-0.15, -0.1) is 0 Å². The molecule has 0 saturated heterocycles. The van der Waals surface area contributed by atoms with E-state index in [4.69, 9.17) is 0 Å². The maximum Gasteiger partial charge on any atom is 0.254 e. The summed E-state index contributed by atoms with van der Waals surface area (Å²) in [4.78, 5) is 22.9. The van der Waals surface area contributed by atoms with Gasteiger partial charge in [0.1, 0.15) is 5.82 Å². The fourth-order valence-electron chi connectivity index (χ4n) is 4.08. The smallest absolute Gasteiger partial charge is 0.254 e. The molecule has 0 bridgehead atoms. The number of hydrogen-bond donors (Lipinski definition) is 1. The second kappa shape index (κ2) is 8.54. The number of fused-ring (bicyclic) bond motifs is 1. The van der Waals surface area contributed by atoms with Crippen LogP contribution in [0.5, 0.6) is 0 Å². The molecule has 0 saturated carbocycles. The molecule has 0 unspecified atom stereocenters. The summed E-state index contributed by atoms with van der Waals surface area (Å²) in [6.07, 6.45) is 3.18. The first-order valence-corrected chi connectivity index (χ1v) is 11.1. The van der Waals surface area contributed by atoms with Crippen LogP contribution in [0.15, 0.2) is 42.7 Å². The minimum absolute atomic E-state index is 0.0424. The number of carbonyl (C=O) groups excluding carboxylic acids is 1. The number of halogens is 2. The number of nitrogens with zero attached hydrogens (tertiary/aromatic N) is 3.